The minimum atomic E-state index is -4.26. The molecule has 0 fully saturated rings. The van der Waals surface area contributed by atoms with E-state index in [1.165, 1.54) is 0 Å². The minimum absolute atomic E-state index is 0.265. The van der Waals surface area contributed by atoms with E-state index >= 15 is 0 Å². The van der Waals surface area contributed by atoms with Crippen molar-refractivity contribution in [1.29, 1.82) is 0 Å². The number of hydrogen-bond donors (Lipinski definition) is 2. The van der Waals surface area contributed by atoms with E-state index in [-0.39, 0.29) is 15.7 Å². The molecule has 0 spiro atoms. The van der Waals surface area contributed by atoms with Gasteiger partial charge in [-0.2, -0.15) is 13.5 Å². The maximum absolute atomic E-state index is 10.3. The van der Waals surface area contributed by atoms with Gasteiger partial charge in [-0.25, -0.2) is 0 Å². The number of halogens is 2. The number of anilines is 1. The van der Waals surface area contributed by atoms with Crippen LogP contribution in [0.15, 0.2) is 23.3 Å². The summed E-state index contributed by atoms with van der Waals surface area (Å²) in [7, 11) is -4.26. The first-order chi connectivity index (χ1) is 6.90. The highest BCUT2D eigenvalue weighted by Gasteiger charge is 2.04. The molecule has 0 radical (unpaired) electrons. The molecule has 82 valence electrons. The number of nitrogens with one attached hydrogen (secondary N) is 1. The van der Waals surface area contributed by atoms with Crippen LogP contribution in [0.4, 0.5) is 5.69 Å². The molecule has 0 heterocycles. The molecule has 8 heteroatoms. The van der Waals surface area contributed by atoms with Crippen molar-refractivity contribution in [1.82, 2.24) is 0 Å². The third-order valence-electron chi connectivity index (χ3n) is 1.33. The third kappa shape index (κ3) is 4.05. The Morgan fingerprint density at radius 3 is 2.33 bits per heavy atom. The van der Waals surface area contributed by atoms with Crippen molar-refractivity contribution in [3.05, 3.63) is 28.2 Å². The summed E-state index contributed by atoms with van der Waals surface area (Å²) < 4.78 is 28.9. The Morgan fingerprint density at radius 1 is 1.33 bits per heavy atom. The van der Waals surface area contributed by atoms with Crippen LogP contribution in [-0.4, -0.2) is 18.5 Å². The van der Waals surface area contributed by atoms with Gasteiger partial charge in [0.2, 0.25) is 0 Å². The van der Waals surface area contributed by atoms with E-state index in [0.29, 0.717) is 5.55 Å². The summed E-state index contributed by atoms with van der Waals surface area (Å²) in [5, 5.41) is 3.83. The molecule has 2 N–H and O–H groups in total. The van der Waals surface area contributed by atoms with Crippen molar-refractivity contribution in [2.75, 3.05) is 5.43 Å². The van der Waals surface area contributed by atoms with E-state index in [0.717, 1.165) is 0 Å². The molecular formula is C7H6Cl2N2O3S. The maximum atomic E-state index is 10.3. The van der Waals surface area contributed by atoms with Crippen molar-refractivity contribution < 1.29 is 13.0 Å². The van der Waals surface area contributed by atoms with Gasteiger partial charge in [-0.1, -0.05) is 29.3 Å². The van der Waals surface area contributed by atoms with Crippen LogP contribution < -0.4 is 5.43 Å². The largest absolute Gasteiger partial charge is 0.306 e. The molecule has 0 aromatic heterocycles. The van der Waals surface area contributed by atoms with Crippen LogP contribution in [0.2, 0.25) is 10.0 Å². The number of benzene rings is 1. The number of hydrazone groups is 1. The van der Waals surface area contributed by atoms with Gasteiger partial charge in [0.15, 0.2) is 5.55 Å². The summed E-state index contributed by atoms with van der Waals surface area (Å²) in [6.07, 6.45) is 0. The number of para-hydroxylation sites is 1. The first-order valence-electron chi connectivity index (χ1n) is 3.61. The Bertz CT molecular complexity index is 467. The molecule has 0 aliphatic rings. The molecule has 0 atom stereocenters. The number of hydrogen-bond acceptors (Lipinski definition) is 4. The fraction of sp³-hybridized carbons (Fsp3) is 0. The lowest BCUT2D eigenvalue weighted by molar-refractivity contribution is 0.499. The zero-order valence-corrected chi connectivity index (χ0v) is 9.51. The summed E-state index contributed by atoms with van der Waals surface area (Å²) in [5.41, 5.74) is 2.91. The Labute approximate surface area is 96.4 Å². The molecule has 0 aliphatic carbocycles. The van der Waals surface area contributed by atoms with Crippen LogP contribution >= 0.6 is 23.2 Å². The molecule has 0 aliphatic heterocycles. The molecule has 5 nitrogen and oxygen atoms in total. The molecule has 1 rings (SSSR count). The van der Waals surface area contributed by atoms with Crippen LogP contribution in [0.3, 0.4) is 0 Å². The Morgan fingerprint density at radius 2 is 1.87 bits per heavy atom. The first kappa shape index (κ1) is 12.3. The maximum Gasteiger partial charge on any atom is 0.306 e. The van der Waals surface area contributed by atoms with Gasteiger partial charge in [-0.15, -0.1) is 0 Å². The van der Waals surface area contributed by atoms with Gasteiger partial charge in [-0.3, -0.25) is 9.98 Å². The molecular weight excluding hydrogens is 263 g/mol. The van der Waals surface area contributed by atoms with Crippen molar-refractivity contribution in [2.45, 2.75) is 0 Å². The lowest BCUT2D eigenvalue weighted by Crippen LogP contribution is -2.00. The average molecular weight is 269 g/mol. The predicted molar refractivity (Wildman–Crippen MR) is 60.1 cm³/mol. The zero-order valence-electron chi connectivity index (χ0n) is 7.18. The van der Waals surface area contributed by atoms with E-state index in [9.17, 15) is 8.42 Å². The van der Waals surface area contributed by atoms with Crippen molar-refractivity contribution in [3.63, 3.8) is 0 Å². The molecule has 0 bridgehead atoms. The fourth-order valence-corrected chi connectivity index (χ4v) is 1.43. The fourth-order valence-electron chi connectivity index (χ4n) is 0.762. The minimum Gasteiger partial charge on any atom is -0.281 e. The third-order valence-corrected chi connectivity index (χ3v) is 2.33. The van der Waals surface area contributed by atoms with Gasteiger partial charge in [0.05, 0.1) is 15.7 Å². The quantitative estimate of drug-likeness (QED) is 0.381. The van der Waals surface area contributed by atoms with Gasteiger partial charge in [0.1, 0.15) is 0 Å². The second kappa shape index (κ2) is 4.80. The molecule has 0 unspecified atom stereocenters. The normalized spacial score (nSPS) is 11.9. The first-order valence-corrected chi connectivity index (χ1v) is 5.86. The van der Waals surface area contributed by atoms with E-state index in [2.05, 4.69) is 10.5 Å². The van der Waals surface area contributed by atoms with Gasteiger partial charge >= 0.3 is 10.1 Å². The molecule has 0 amide bonds. The van der Waals surface area contributed by atoms with Crippen LogP contribution in [0.5, 0.6) is 0 Å². The molecule has 0 saturated carbocycles. The summed E-state index contributed by atoms with van der Waals surface area (Å²) in [4.78, 5) is 0. The predicted octanol–water partition coefficient (Wildman–Crippen LogP) is 2.24. The summed E-state index contributed by atoms with van der Waals surface area (Å²) in [6, 6.07) is 4.74. The van der Waals surface area contributed by atoms with E-state index in [1.807, 2.05) is 0 Å². The van der Waals surface area contributed by atoms with Crippen molar-refractivity contribution >= 4 is 44.6 Å². The lowest BCUT2D eigenvalue weighted by atomic mass is 10.3. The van der Waals surface area contributed by atoms with Crippen LogP contribution in [-0.2, 0) is 10.1 Å². The SMILES string of the molecule is O=S(=O)(O)/C=N/Nc1c(Cl)cccc1Cl. The van der Waals surface area contributed by atoms with Gasteiger partial charge in [0, 0.05) is 0 Å². The molecule has 0 saturated heterocycles. The highest BCUT2D eigenvalue weighted by atomic mass is 35.5. The van der Waals surface area contributed by atoms with E-state index in [1.54, 1.807) is 18.2 Å². The van der Waals surface area contributed by atoms with Gasteiger partial charge < -0.3 is 0 Å². The average Bonchev–Trinajstić information content (AvgIpc) is 2.08. The monoisotopic (exact) mass is 268 g/mol. The zero-order chi connectivity index (χ0) is 11.5. The van der Waals surface area contributed by atoms with E-state index in [4.69, 9.17) is 27.8 Å². The van der Waals surface area contributed by atoms with Crippen LogP contribution in [0.25, 0.3) is 0 Å². The molecule has 1 aromatic carbocycles. The summed E-state index contributed by atoms with van der Waals surface area (Å²) in [6.45, 7) is 0. The smallest absolute Gasteiger partial charge is 0.281 e. The van der Waals surface area contributed by atoms with Gasteiger partial charge in [-0.05, 0) is 12.1 Å². The summed E-state index contributed by atoms with van der Waals surface area (Å²) in [5.74, 6) is 0. The second-order valence-corrected chi connectivity index (χ2v) is 4.51. The molecule has 15 heavy (non-hydrogen) atoms. The molecule has 1 aromatic rings. The highest BCUT2D eigenvalue weighted by molar-refractivity contribution is 7.99. The highest BCUT2D eigenvalue weighted by Crippen LogP contribution is 2.29. The standard InChI is InChI=1S/C7H6Cl2N2O3S/c8-5-2-1-3-6(9)7(5)11-10-4-15(12,13)14/h1-4,11H,(H,12,13,14)/b10-4+. The van der Waals surface area contributed by atoms with Crippen molar-refractivity contribution in [2.24, 2.45) is 5.10 Å². The Kier molecular flexibility index (Phi) is 3.92. The van der Waals surface area contributed by atoms with Crippen LogP contribution in [0.1, 0.15) is 0 Å². The van der Waals surface area contributed by atoms with Crippen LogP contribution in [0, 0.1) is 0 Å². The van der Waals surface area contributed by atoms with Crippen molar-refractivity contribution in [3.8, 4) is 0 Å². The number of rotatable bonds is 3. The van der Waals surface area contributed by atoms with E-state index < -0.39 is 10.1 Å². The van der Waals surface area contributed by atoms with Gasteiger partial charge in [0.25, 0.3) is 0 Å². The topological polar surface area (TPSA) is 78.8 Å². The summed E-state index contributed by atoms with van der Waals surface area (Å²) >= 11 is 11.5. The number of nitrogens with zero attached hydrogens (tertiary/aromatic N) is 1. The second-order valence-electron chi connectivity index (χ2n) is 2.46. The Balaban J connectivity index is 2.87. The Hall–Kier alpha value is -0.820. The lowest BCUT2D eigenvalue weighted by Gasteiger charge is -2.04.